The van der Waals surface area contributed by atoms with Crippen molar-refractivity contribution in [2.75, 3.05) is 34.4 Å². The molecular weight excluding hydrogens is 314 g/mol. The van der Waals surface area contributed by atoms with Crippen LogP contribution >= 0.6 is 0 Å². The van der Waals surface area contributed by atoms with Crippen molar-refractivity contribution in [1.82, 2.24) is 4.90 Å². The van der Waals surface area contributed by atoms with E-state index in [-0.39, 0.29) is 6.10 Å². The molecule has 0 heterocycles. The van der Waals surface area contributed by atoms with Gasteiger partial charge >= 0.3 is 0 Å². The molecule has 2 aromatic rings. The van der Waals surface area contributed by atoms with Gasteiger partial charge in [0.2, 0.25) is 0 Å². The Morgan fingerprint density at radius 3 is 2.12 bits per heavy atom. The van der Waals surface area contributed by atoms with Gasteiger partial charge < -0.3 is 19.5 Å². The smallest absolute Gasteiger partial charge is 0.119 e. The maximum atomic E-state index is 10.3. The Labute approximate surface area is 151 Å². The predicted octanol–water partition coefficient (Wildman–Crippen LogP) is 3.17. The van der Waals surface area contributed by atoms with Crippen LogP contribution in [0.25, 0.3) is 0 Å². The number of rotatable bonds is 10. The van der Waals surface area contributed by atoms with Gasteiger partial charge in [-0.3, -0.25) is 0 Å². The topological polar surface area (TPSA) is 41.9 Å². The van der Waals surface area contributed by atoms with Crippen molar-refractivity contribution in [3.05, 3.63) is 59.7 Å². The van der Waals surface area contributed by atoms with Crippen LogP contribution in [-0.4, -0.2) is 50.5 Å². The van der Waals surface area contributed by atoms with E-state index < -0.39 is 0 Å². The molecule has 4 nitrogen and oxygen atoms in total. The second-order valence-corrected chi connectivity index (χ2v) is 6.54. The van der Waals surface area contributed by atoms with Gasteiger partial charge in [0.05, 0.1) is 13.2 Å². The fourth-order valence-corrected chi connectivity index (χ4v) is 2.57. The number of aliphatic hydroxyl groups is 1. The van der Waals surface area contributed by atoms with Crippen LogP contribution in [0.5, 0.6) is 11.5 Å². The van der Waals surface area contributed by atoms with Crippen molar-refractivity contribution < 1.29 is 14.6 Å². The van der Waals surface area contributed by atoms with Crippen molar-refractivity contribution in [3.63, 3.8) is 0 Å². The third-order valence-corrected chi connectivity index (χ3v) is 4.13. The third kappa shape index (κ3) is 7.16. The Morgan fingerprint density at radius 2 is 1.52 bits per heavy atom. The number of aliphatic hydroxyl groups excluding tert-OH is 1. The van der Waals surface area contributed by atoms with Gasteiger partial charge in [0.1, 0.15) is 18.1 Å². The molecule has 4 heteroatoms. The van der Waals surface area contributed by atoms with E-state index in [0.29, 0.717) is 13.0 Å². The summed E-state index contributed by atoms with van der Waals surface area (Å²) < 4.78 is 10.8. The minimum Gasteiger partial charge on any atom is -0.497 e. The highest BCUT2D eigenvalue weighted by molar-refractivity contribution is 5.28. The van der Waals surface area contributed by atoms with E-state index in [1.165, 1.54) is 5.56 Å². The van der Waals surface area contributed by atoms with Gasteiger partial charge in [0.25, 0.3) is 0 Å². The third-order valence-electron chi connectivity index (χ3n) is 4.13. The maximum Gasteiger partial charge on any atom is 0.119 e. The molecule has 0 aliphatic rings. The Morgan fingerprint density at radius 1 is 0.920 bits per heavy atom. The number of nitrogens with zero attached hydrogens (tertiary/aromatic N) is 1. The molecule has 0 bridgehead atoms. The average molecular weight is 343 g/mol. The van der Waals surface area contributed by atoms with Crippen LogP contribution < -0.4 is 9.47 Å². The SMILES string of the molecule is COc1ccc(CCC(O)Cc2ccc(OCCN(C)C)cc2)cc1. The molecule has 1 atom stereocenters. The van der Waals surface area contributed by atoms with Crippen molar-refractivity contribution in [3.8, 4) is 11.5 Å². The number of benzene rings is 2. The van der Waals surface area contributed by atoms with Crippen LogP contribution in [0.3, 0.4) is 0 Å². The summed E-state index contributed by atoms with van der Waals surface area (Å²) >= 11 is 0. The fraction of sp³-hybridized carbons (Fsp3) is 0.429. The molecule has 0 aliphatic carbocycles. The first-order valence-corrected chi connectivity index (χ1v) is 8.74. The Hall–Kier alpha value is -2.04. The minimum absolute atomic E-state index is 0.345. The molecule has 25 heavy (non-hydrogen) atoms. The molecule has 0 amide bonds. The largest absolute Gasteiger partial charge is 0.497 e. The molecule has 0 fully saturated rings. The molecule has 0 aliphatic heterocycles. The van der Waals surface area contributed by atoms with Gasteiger partial charge in [-0.25, -0.2) is 0 Å². The van der Waals surface area contributed by atoms with Crippen LogP contribution in [0.4, 0.5) is 0 Å². The summed E-state index contributed by atoms with van der Waals surface area (Å²) in [4.78, 5) is 2.09. The Balaban J connectivity index is 1.74. The zero-order valence-electron chi connectivity index (χ0n) is 15.4. The number of likely N-dealkylation sites (N-methyl/N-ethyl adjacent to an activating group) is 1. The summed E-state index contributed by atoms with van der Waals surface area (Å²) in [7, 11) is 5.72. The molecule has 0 saturated heterocycles. The second-order valence-electron chi connectivity index (χ2n) is 6.54. The van der Waals surface area contributed by atoms with Crippen molar-refractivity contribution >= 4 is 0 Å². The predicted molar refractivity (Wildman–Crippen MR) is 102 cm³/mol. The first-order chi connectivity index (χ1) is 12.1. The van der Waals surface area contributed by atoms with Crippen LogP contribution in [0.15, 0.2) is 48.5 Å². The minimum atomic E-state index is -0.345. The molecule has 0 radical (unpaired) electrons. The summed E-state index contributed by atoms with van der Waals surface area (Å²) in [5, 5.41) is 10.3. The van der Waals surface area contributed by atoms with Crippen LogP contribution in [0.2, 0.25) is 0 Å². The molecular formula is C21H29NO3. The summed E-state index contributed by atoms with van der Waals surface area (Å²) in [5.41, 5.74) is 2.34. The van der Waals surface area contributed by atoms with Gasteiger partial charge in [0.15, 0.2) is 0 Å². The molecule has 0 spiro atoms. The van der Waals surface area contributed by atoms with E-state index in [9.17, 15) is 5.11 Å². The zero-order chi connectivity index (χ0) is 18.1. The van der Waals surface area contributed by atoms with Crippen LogP contribution in [0.1, 0.15) is 17.5 Å². The number of ether oxygens (including phenoxy) is 2. The number of hydrogen-bond acceptors (Lipinski definition) is 4. The van der Waals surface area contributed by atoms with E-state index in [1.807, 2.05) is 62.6 Å². The standard InChI is InChI=1S/C21H29NO3/c1-22(2)14-15-25-21-12-7-18(8-13-21)16-19(23)9-4-17-5-10-20(24-3)11-6-17/h5-8,10-13,19,23H,4,9,14-16H2,1-3H3. The normalized spacial score (nSPS) is 12.2. The molecule has 1 N–H and O–H groups in total. The highest BCUT2D eigenvalue weighted by Gasteiger charge is 2.07. The summed E-state index contributed by atoms with van der Waals surface area (Å²) in [6, 6.07) is 16.0. The lowest BCUT2D eigenvalue weighted by Gasteiger charge is -2.13. The summed E-state index contributed by atoms with van der Waals surface area (Å²) in [6.07, 6.45) is 1.92. The Bertz CT molecular complexity index is 608. The van der Waals surface area contributed by atoms with Crippen LogP contribution in [0, 0.1) is 0 Å². The van der Waals surface area contributed by atoms with Gasteiger partial charge in [-0.2, -0.15) is 0 Å². The van der Waals surface area contributed by atoms with E-state index in [0.717, 1.165) is 36.4 Å². The average Bonchev–Trinajstić information content (AvgIpc) is 2.61. The number of hydrogen-bond donors (Lipinski definition) is 1. The van der Waals surface area contributed by atoms with E-state index in [1.54, 1.807) is 7.11 Å². The number of methoxy groups -OCH3 is 1. The monoisotopic (exact) mass is 343 g/mol. The maximum absolute atomic E-state index is 10.3. The number of aryl methyl sites for hydroxylation is 1. The van der Waals surface area contributed by atoms with Crippen LogP contribution in [-0.2, 0) is 12.8 Å². The van der Waals surface area contributed by atoms with E-state index in [2.05, 4.69) is 4.90 Å². The molecule has 136 valence electrons. The molecule has 1 unspecified atom stereocenters. The summed E-state index contributed by atoms with van der Waals surface area (Å²) in [5.74, 6) is 1.73. The van der Waals surface area contributed by atoms with Gasteiger partial charge in [-0.1, -0.05) is 24.3 Å². The lowest BCUT2D eigenvalue weighted by molar-refractivity contribution is 0.165. The molecule has 2 rings (SSSR count). The van der Waals surface area contributed by atoms with E-state index in [4.69, 9.17) is 9.47 Å². The quantitative estimate of drug-likeness (QED) is 0.719. The fourth-order valence-electron chi connectivity index (χ4n) is 2.57. The molecule has 0 aromatic heterocycles. The van der Waals surface area contributed by atoms with Gasteiger partial charge in [0, 0.05) is 6.54 Å². The summed E-state index contributed by atoms with van der Waals surface area (Å²) in [6.45, 7) is 1.57. The van der Waals surface area contributed by atoms with Gasteiger partial charge in [-0.15, -0.1) is 0 Å². The van der Waals surface area contributed by atoms with Crippen molar-refractivity contribution in [1.29, 1.82) is 0 Å². The highest BCUT2D eigenvalue weighted by Crippen LogP contribution is 2.16. The molecule has 2 aromatic carbocycles. The Kier molecular flexibility index (Phi) is 7.76. The highest BCUT2D eigenvalue weighted by atomic mass is 16.5. The lowest BCUT2D eigenvalue weighted by Crippen LogP contribution is -2.19. The first-order valence-electron chi connectivity index (χ1n) is 8.74. The van der Waals surface area contributed by atoms with Gasteiger partial charge in [-0.05, 0) is 68.8 Å². The second kappa shape index (κ2) is 10.1. The van der Waals surface area contributed by atoms with E-state index >= 15 is 0 Å². The molecule has 0 saturated carbocycles. The zero-order valence-corrected chi connectivity index (χ0v) is 15.4. The van der Waals surface area contributed by atoms with Crippen molar-refractivity contribution in [2.24, 2.45) is 0 Å². The lowest BCUT2D eigenvalue weighted by atomic mass is 10.0. The first kappa shape index (κ1) is 19.3. The van der Waals surface area contributed by atoms with Crippen molar-refractivity contribution in [2.45, 2.75) is 25.4 Å².